The summed E-state index contributed by atoms with van der Waals surface area (Å²) in [4.78, 5) is 16.3. The van der Waals surface area contributed by atoms with Gasteiger partial charge in [0.15, 0.2) is 0 Å². The number of nitrogens with zero attached hydrogens (tertiary/aromatic N) is 4. The number of hydrogen-bond acceptors (Lipinski definition) is 8. The van der Waals surface area contributed by atoms with Crippen molar-refractivity contribution in [2.24, 2.45) is 0 Å². The molecule has 1 aliphatic rings. The van der Waals surface area contributed by atoms with Crippen LogP contribution >= 0.6 is 22.7 Å². The van der Waals surface area contributed by atoms with Crippen molar-refractivity contribution in [1.82, 2.24) is 19.0 Å². The Bertz CT molecular complexity index is 1390. The number of fused-ring (bicyclic) bond motifs is 1. The Morgan fingerprint density at radius 1 is 1.09 bits per heavy atom. The Labute approximate surface area is 218 Å². The predicted octanol–water partition coefficient (Wildman–Crippen LogP) is 0.624. The largest absolute Gasteiger partial charge is 1.00 e. The van der Waals surface area contributed by atoms with Gasteiger partial charge in [0.1, 0.15) is 20.5 Å². The molecule has 3 aromatic heterocycles. The molecule has 5 rings (SSSR count). The average Bonchev–Trinajstić information content (AvgIpc) is 3.59. The summed E-state index contributed by atoms with van der Waals surface area (Å²) in [5, 5.41) is 7.32. The highest BCUT2D eigenvalue weighted by atomic mass is 35.5. The van der Waals surface area contributed by atoms with Crippen molar-refractivity contribution in [3.8, 4) is 5.69 Å². The highest BCUT2D eigenvalue weighted by Crippen LogP contribution is 2.30. The van der Waals surface area contributed by atoms with Gasteiger partial charge in [-0.15, -0.1) is 22.7 Å². The molecule has 0 aliphatic carbocycles. The van der Waals surface area contributed by atoms with Crippen LogP contribution in [0.1, 0.15) is 15.4 Å². The van der Waals surface area contributed by atoms with E-state index < -0.39 is 10.0 Å². The number of sulfonamides is 1. The Balaban J connectivity index is 0.00000289. The molecule has 0 bridgehead atoms. The summed E-state index contributed by atoms with van der Waals surface area (Å²) in [6.07, 6.45) is 0. The fraction of sp³-hybridized carbons (Fsp3) is 0.304. The lowest BCUT2D eigenvalue weighted by atomic mass is 10.3. The van der Waals surface area contributed by atoms with Gasteiger partial charge in [-0.25, -0.2) is 17.9 Å². The van der Waals surface area contributed by atoms with Crippen LogP contribution in [0.4, 0.5) is 0 Å². The van der Waals surface area contributed by atoms with E-state index in [2.05, 4.69) is 10.00 Å². The van der Waals surface area contributed by atoms with Crippen molar-refractivity contribution in [1.29, 1.82) is 0 Å². The van der Waals surface area contributed by atoms with Gasteiger partial charge in [0, 0.05) is 38.1 Å². The molecule has 0 unspecified atom stereocenters. The van der Waals surface area contributed by atoms with Crippen molar-refractivity contribution in [2.75, 3.05) is 39.3 Å². The number of piperazine rings is 1. The standard InChI is InChI=1S/C23H24N4O4S3.ClH/c1-17-19-16-20(33-22(19)27(24-17)18-6-3-2-4-7-18)23(28)31-14-13-25-9-11-26(12-10-25)34(29,30)21-8-5-15-32-21;/h2-8,15-16H,9-14H2,1H3;1H/p-1. The molecule has 1 saturated heterocycles. The zero-order valence-corrected chi connectivity index (χ0v) is 22.2. The predicted molar refractivity (Wildman–Crippen MR) is 133 cm³/mol. The second-order valence-electron chi connectivity index (χ2n) is 7.98. The molecular formula is C23H24ClN4O4S3-. The molecular weight excluding hydrogens is 528 g/mol. The second-order valence-corrected chi connectivity index (χ2v) is 12.1. The molecule has 0 amide bonds. The van der Waals surface area contributed by atoms with Crippen molar-refractivity contribution in [3.63, 3.8) is 0 Å². The molecule has 1 fully saturated rings. The summed E-state index contributed by atoms with van der Waals surface area (Å²) < 4.78 is 34.6. The Kier molecular flexibility index (Phi) is 7.94. The van der Waals surface area contributed by atoms with E-state index in [4.69, 9.17) is 4.74 Å². The molecule has 0 saturated carbocycles. The molecule has 1 aromatic carbocycles. The van der Waals surface area contributed by atoms with Gasteiger partial charge in [-0.1, -0.05) is 24.3 Å². The molecule has 4 heterocycles. The number of aryl methyl sites for hydroxylation is 1. The SMILES string of the molecule is Cc1nn(-c2ccccc2)c2sc(C(=O)OCCN3CCN(S(=O)(=O)c4cccs4)CC3)cc12.[Cl-]. The van der Waals surface area contributed by atoms with Gasteiger partial charge in [0.25, 0.3) is 10.0 Å². The van der Waals surface area contributed by atoms with Gasteiger partial charge in [-0.05, 0) is 36.6 Å². The minimum atomic E-state index is -3.41. The molecule has 35 heavy (non-hydrogen) atoms. The number of esters is 1. The minimum Gasteiger partial charge on any atom is -1.00 e. The van der Waals surface area contributed by atoms with Gasteiger partial charge < -0.3 is 17.1 Å². The van der Waals surface area contributed by atoms with E-state index in [9.17, 15) is 13.2 Å². The summed E-state index contributed by atoms with van der Waals surface area (Å²) in [5.74, 6) is -0.348. The monoisotopic (exact) mass is 551 g/mol. The number of para-hydroxylation sites is 1. The molecule has 1 aliphatic heterocycles. The number of ether oxygens (including phenoxy) is 1. The number of thiophene rings is 2. The van der Waals surface area contributed by atoms with Crippen LogP contribution in [-0.4, -0.2) is 72.7 Å². The second kappa shape index (κ2) is 10.8. The van der Waals surface area contributed by atoms with Crippen LogP contribution in [0.15, 0.2) is 58.1 Å². The van der Waals surface area contributed by atoms with E-state index in [1.165, 1.54) is 27.0 Å². The number of carbonyl (C=O) groups excluding carboxylic acids is 1. The van der Waals surface area contributed by atoms with E-state index in [1.807, 2.05) is 48.0 Å². The first kappa shape index (κ1) is 25.8. The van der Waals surface area contributed by atoms with Gasteiger partial charge in [-0.3, -0.25) is 4.90 Å². The average molecular weight is 552 g/mol. The van der Waals surface area contributed by atoms with Crippen LogP contribution < -0.4 is 12.4 Å². The number of aromatic nitrogens is 2. The van der Waals surface area contributed by atoms with E-state index >= 15 is 0 Å². The van der Waals surface area contributed by atoms with E-state index in [0.29, 0.717) is 41.8 Å². The Hall–Kier alpha value is -2.28. The van der Waals surface area contributed by atoms with Crippen LogP contribution in [0, 0.1) is 6.92 Å². The molecule has 4 aromatic rings. The number of benzene rings is 1. The summed E-state index contributed by atoms with van der Waals surface area (Å²) in [5.41, 5.74) is 1.81. The maximum atomic E-state index is 12.7. The fourth-order valence-electron chi connectivity index (χ4n) is 3.96. The maximum absolute atomic E-state index is 12.7. The summed E-state index contributed by atoms with van der Waals surface area (Å²) in [7, 11) is -3.41. The van der Waals surface area contributed by atoms with Crippen molar-refractivity contribution in [3.05, 3.63) is 64.5 Å². The zero-order chi connectivity index (χ0) is 23.7. The van der Waals surface area contributed by atoms with E-state index in [1.54, 1.807) is 17.5 Å². The van der Waals surface area contributed by atoms with Gasteiger partial charge in [0.2, 0.25) is 0 Å². The first-order valence-corrected chi connectivity index (χ1v) is 14.0. The minimum absolute atomic E-state index is 0. The van der Waals surface area contributed by atoms with Gasteiger partial charge >= 0.3 is 5.97 Å². The quantitative estimate of drug-likeness (QED) is 0.313. The van der Waals surface area contributed by atoms with Crippen LogP contribution in [0.5, 0.6) is 0 Å². The first-order valence-electron chi connectivity index (χ1n) is 10.9. The lowest BCUT2D eigenvalue weighted by molar-refractivity contribution is -0.0000295. The summed E-state index contributed by atoms with van der Waals surface area (Å²) >= 11 is 2.61. The van der Waals surface area contributed by atoms with Crippen molar-refractivity contribution < 1.29 is 30.4 Å². The third-order valence-electron chi connectivity index (χ3n) is 5.81. The van der Waals surface area contributed by atoms with Crippen LogP contribution in [0.25, 0.3) is 15.9 Å². The fourth-order valence-corrected chi connectivity index (χ4v) is 7.60. The Morgan fingerprint density at radius 2 is 1.83 bits per heavy atom. The summed E-state index contributed by atoms with van der Waals surface area (Å²) in [6.45, 7) is 4.84. The Morgan fingerprint density at radius 3 is 2.51 bits per heavy atom. The first-order chi connectivity index (χ1) is 16.4. The highest BCUT2D eigenvalue weighted by molar-refractivity contribution is 7.91. The summed E-state index contributed by atoms with van der Waals surface area (Å²) in [6, 6.07) is 15.1. The van der Waals surface area contributed by atoms with Crippen LogP contribution in [-0.2, 0) is 14.8 Å². The molecule has 0 N–H and O–H groups in total. The van der Waals surface area contributed by atoms with Crippen LogP contribution in [0.3, 0.4) is 0 Å². The number of rotatable bonds is 7. The van der Waals surface area contributed by atoms with Crippen LogP contribution in [0.2, 0.25) is 0 Å². The zero-order valence-electron chi connectivity index (χ0n) is 19.0. The third-order valence-corrected chi connectivity index (χ3v) is 10.2. The van der Waals surface area contributed by atoms with Gasteiger partial charge in [-0.2, -0.15) is 9.40 Å². The number of hydrogen-bond donors (Lipinski definition) is 0. The molecule has 0 atom stereocenters. The highest BCUT2D eigenvalue weighted by Gasteiger charge is 2.29. The van der Waals surface area contributed by atoms with E-state index in [0.717, 1.165) is 21.6 Å². The molecule has 12 heteroatoms. The topological polar surface area (TPSA) is 84.7 Å². The van der Waals surface area contributed by atoms with Crippen molar-refractivity contribution in [2.45, 2.75) is 11.1 Å². The number of carbonyl (C=O) groups is 1. The number of halogens is 1. The molecule has 8 nitrogen and oxygen atoms in total. The maximum Gasteiger partial charge on any atom is 0.348 e. The molecule has 0 spiro atoms. The third kappa shape index (κ3) is 5.30. The van der Waals surface area contributed by atoms with E-state index in [-0.39, 0.29) is 25.0 Å². The van der Waals surface area contributed by atoms with Crippen molar-refractivity contribution >= 4 is 48.9 Å². The lowest BCUT2D eigenvalue weighted by Gasteiger charge is -2.33. The normalized spacial score (nSPS) is 15.2. The lowest BCUT2D eigenvalue weighted by Crippen LogP contribution is -3.00. The smallest absolute Gasteiger partial charge is 0.348 e. The van der Waals surface area contributed by atoms with Gasteiger partial charge in [0.05, 0.1) is 11.4 Å². The molecule has 0 radical (unpaired) electrons. The molecule has 186 valence electrons.